The van der Waals surface area contributed by atoms with Crippen LogP contribution in [-0.4, -0.2) is 23.4 Å². The van der Waals surface area contributed by atoms with Gasteiger partial charge < -0.3 is 9.84 Å². The first-order valence-electron chi connectivity index (χ1n) is 6.39. The quantitative estimate of drug-likeness (QED) is 0.598. The fraction of sp³-hybridized carbons (Fsp3) is 1.00. The Morgan fingerprint density at radius 2 is 1.67 bits per heavy atom. The second-order valence-corrected chi connectivity index (χ2v) is 4.69. The maximum atomic E-state index is 9.20. The molecule has 0 saturated carbocycles. The van der Waals surface area contributed by atoms with Gasteiger partial charge in [-0.1, -0.05) is 32.6 Å². The van der Waals surface area contributed by atoms with Gasteiger partial charge in [0.2, 0.25) is 0 Å². The van der Waals surface area contributed by atoms with Crippen LogP contribution in [0, 0.1) is 0 Å². The van der Waals surface area contributed by atoms with Crippen LogP contribution in [0.5, 0.6) is 0 Å². The van der Waals surface area contributed by atoms with Crippen molar-refractivity contribution >= 4 is 0 Å². The first-order valence-corrected chi connectivity index (χ1v) is 6.39. The summed E-state index contributed by atoms with van der Waals surface area (Å²) in [6, 6.07) is 0. The summed E-state index contributed by atoms with van der Waals surface area (Å²) < 4.78 is 5.78. The lowest BCUT2D eigenvalue weighted by atomic mass is 10.1. The summed E-state index contributed by atoms with van der Waals surface area (Å²) >= 11 is 0. The molecule has 2 heteroatoms. The minimum absolute atomic E-state index is 0.172. The Hall–Kier alpha value is -0.0800. The van der Waals surface area contributed by atoms with Gasteiger partial charge in [-0.25, -0.2) is 0 Å². The third-order valence-corrected chi connectivity index (χ3v) is 2.60. The van der Waals surface area contributed by atoms with Gasteiger partial charge in [0, 0.05) is 0 Å². The molecule has 0 aromatic carbocycles. The standard InChI is InChI=1S/C13H28O2/c1-5-6-7-8-9-12(3)15-13(4)10-11(2)14/h11-14H,5-10H2,1-4H3. The molecule has 0 saturated heterocycles. The Bertz CT molecular complexity index is 134. The van der Waals surface area contributed by atoms with Crippen LogP contribution in [0.15, 0.2) is 0 Å². The third kappa shape index (κ3) is 10.2. The van der Waals surface area contributed by atoms with E-state index in [1.807, 2.05) is 13.8 Å². The molecule has 15 heavy (non-hydrogen) atoms. The highest BCUT2D eigenvalue weighted by atomic mass is 16.5. The Kier molecular flexibility index (Phi) is 9.12. The Morgan fingerprint density at radius 3 is 2.20 bits per heavy atom. The highest BCUT2D eigenvalue weighted by Crippen LogP contribution is 2.11. The normalized spacial score (nSPS) is 17.4. The van der Waals surface area contributed by atoms with Crippen molar-refractivity contribution in [2.45, 2.75) is 84.5 Å². The molecule has 3 atom stereocenters. The SMILES string of the molecule is CCCCCCC(C)OC(C)CC(C)O. The summed E-state index contributed by atoms with van der Waals surface area (Å²) in [5, 5.41) is 9.20. The van der Waals surface area contributed by atoms with E-state index in [2.05, 4.69) is 13.8 Å². The van der Waals surface area contributed by atoms with Gasteiger partial charge >= 0.3 is 0 Å². The number of aliphatic hydroxyl groups excluding tert-OH is 1. The molecule has 0 amide bonds. The number of rotatable bonds is 9. The smallest absolute Gasteiger partial charge is 0.0575 e. The van der Waals surface area contributed by atoms with Gasteiger partial charge in [-0.05, 0) is 33.6 Å². The highest BCUT2D eigenvalue weighted by molar-refractivity contribution is 4.59. The van der Waals surface area contributed by atoms with Crippen molar-refractivity contribution in [1.82, 2.24) is 0 Å². The molecule has 92 valence electrons. The fourth-order valence-electron chi connectivity index (χ4n) is 1.86. The zero-order chi connectivity index (χ0) is 11.7. The molecule has 0 aliphatic rings. The molecule has 0 aliphatic heterocycles. The lowest BCUT2D eigenvalue weighted by molar-refractivity contribution is -0.0195. The van der Waals surface area contributed by atoms with Crippen LogP contribution in [0.4, 0.5) is 0 Å². The molecule has 0 heterocycles. The van der Waals surface area contributed by atoms with Crippen molar-refractivity contribution in [3.8, 4) is 0 Å². The van der Waals surface area contributed by atoms with Crippen molar-refractivity contribution in [3.05, 3.63) is 0 Å². The van der Waals surface area contributed by atoms with E-state index >= 15 is 0 Å². The molecule has 0 aliphatic carbocycles. The van der Waals surface area contributed by atoms with Gasteiger partial charge in [-0.2, -0.15) is 0 Å². The zero-order valence-electron chi connectivity index (χ0n) is 10.8. The second kappa shape index (κ2) is 9.17. The molecule has 0 bridgehead atoms. The Morgan fingerprint density at radius 1 is 1.00 bits per heavy atom. The summed E-state index contributed by atoms with van der Waals surface area (Å²) in [6.07, 6.45) is 7.31. The van der Waals surface area contributed by atoms with E-state index in [0.29, 0.717) is 6.10 Å². The van der Waals surface area contributed by atoms with Crippen LogP contribution in [0.1, 0.15) is 66.2 Å². The molecule has 2 nitrogen and oxygen atoms in total. The van der Waals surface area contributed by atoms with Crippen LogP contribution in [0.2, 0.25) is 0 Å². The predicted octanol–water partition coefficient (Wildman–Crippen LogP) is 3.52. The van der Waals surface area contributed by atoms with Crippen molar-refractivity contribution in [3.63, 3.8) is 0 Å². The summed E-state index contributed by atoms with van der Waals surface area (Å²) in [5.41, 5.74) is 0. The maximum Gasteiger partial charge on any atom is 0.0575 e. The van der Waals surface area contributed by atoms with E-state index in [1.54, 1.807) is 0 Å². The van der Waals surface area contributed by atoms with Gasteiger partial charge in [0.15, 0.2) is 0 Å². The van der Waals surface area contributed by atoms with E-state index in [9.17, 15) is 5.11 Å². The van der Waals surface area contributed by atoms with Gasteiger partial charge in [0.05, 0.1) is 18.3 Å². The molecule has 0 fully saturated rings. The van der Waals surface area contributed by atoms with Crippen LogP contribution in [0.3, 0.4) is 0 Å². The number of hydrogen-bond acceptors (Lipinski definition) is 2. The molecular formula is C13H28O2. The summed E-state index contributed by atoms with van der Waals surface area (Å²) in [7, 11) is 0. The molecular weight excluding hydrogens is 188 g/mol. The monoisotopic (exact) mass is 216 g/mol. The summed E-state index contributed by atoms with van der Waals surface area (Å²) in [5.74, 6) is 0. The van der Waals surface area contributed by atoms with Crippen molar-refractivity contribution < 1.29 is 9.84 Å². The molecule has 0 rings (SSSR count). The largest absolute Gasteiger partial charge is 0.393 e. The highest BCUT2D eigenvalue weighted by Gasteiger charge is 2.10. The lowest BCUT2D eigenvalue weighted by Gasteiger charge is -2.20. The first kappa shape index (κ1) is 14.9. The predicted molar refractivity (Wildman–Crippen MR) is 65.1 cm³/mol. The minimum atomic E-state index is -0.257. The fourth-order valence-corrected chi connectivity index (χ4v) is 1.86. The number of unbranched alkanes of at least 4 members (excludes halogenated alkanes) is 3. The van der Waals surface area contributed by atoms with Crippen molar-refractivity contribution in [1.29, 1.82) is 0 Å². The van der Waals surface area contributed by atoms with Gasteiger partial charge in [0.25, 0.3) is 0 Å². The molecule has 0 aromatic heterocycles. The molecule has 0 aromatic rings. The molecule has 0 spiro atoms. The second-order valence-electron chi connectivity index (χ2n) is 4.69. The van der Waals surface area contributed by atoms with E-state index < -0.39 is 0 Å². The molecule has 1 N–H and O–H groups in total. The molecule has 3 unspecified atom stereocenters. The number of hydrogen-bond donors (Lipinski definition) is 1. The van der Waals surface area contributed by atoms with Crippen LogP contribution >= 0.6 is 0 Å². The molecule has 0 radical (unpaired) electrons. The third-order valence-electron chi connectivity index (χ3n) is 2.60. The van der Waals surface area contributed by atoms with Crippen LogP contribution in [-0.2, 0) is 4.74 Å². The van der Waals surface area contributed by atoms with E-state index in [-0.39, 0.29) is 12.2 Å². The Balaban J connectivity index is 3.42. The Labute approximate surface area is 95.0 Å². The summed E-state index contributed by atoms with van der Waals surface area (Å²) in [6.45, 7) is 8.20. The zero-order valence-corrected chi connectivity index (χ0v) is 10.8. The van der Waals surface area contributed by atoms with E-state index in [0.717, 1.165) is 12.8 Å². The average molecular weight is 216 g/mol. The van der Waals surface area contributed by atoms with Crippen molar-refractivity contribution in [2.24, 2.45) is 0 Å². The first-order chi connectivity index (χ1) is 7.06. The van der Waals surface area contributed by atoms with Crippen molar-refractivity contribution in [2.75, 3.05) is 0 Å². The van der Waals surface area contributed by atoms with E-state index in [4.69, 9.17) is 4.74 Å². The summed E-state index contributed by atoms with van der Waals surface area (Å²) in [4.78, 5) is 0. The topological polar surface area (TPSA) is 29.5 Å². The number of aliphatic hydroxyl groups is 1. The maximum absolute atomic E-state index is 9.20. The average Bonchev–Trinajstić information content (AvgIpc) is 2.10. The van der Waals surface area contributed by atoms with Crippen LogP contribution in [0.25, 0.3) is 0 Å². The van der Waals surface area contributed by atoms with Gasteiger partial charge in [-0.3, -0.25) is 0 Å². The minimum Gasteiger partial charge on any atom is -0.393 e. The number of ether oxygens (including phenoxy) is 1. The lowest BCUT2D eigenvalue weighted by Crippen LogP contribution is -2.21. The van der Waals surface area contributed by atoms with Gasteiger partial charge in [0.1, 0.15) is 0 Å². The van der Waals surface area contributed by atoms with Crippen LogP contribution < -0.4 is 0 Å². The van der Waals surface area contributed by atoms with E-state index in [1.165, 1.54) is 25.7 Å². The van der Waals surface area contributed by atoms with Gasteiger partial charge in [-0.15, -0.1) is 0 Å².